The van der Waals surface area contributed by atoms with Crippen LogP contribution in [0.15, 0.2) is 17.4 Å². The first-order valence-corrected chi connectivity index (χ1v) is 3.40. The van der Waals surface area contributed by atoms with E-state index in [1.54, 1.807) is 6.20 Å². The molecule has 0 spiro atoms. The van der Waals surface area contributed by atoms with Gasteiger partial charge in [-0.05, 0) is 6.42 Å². The number of nitrogens with zero attached hydrogens (tertiary/aromatic N) is 2. The summed E-state index contributed by atoms with van der Waals surface area (Å²) < 4.78 is 5.03. The topological polar surface area (TPSA) is 24.8 Å². The SMILES string of the molecule is CN1/C=C\N=COCCC1. The Hall–Kier alpha value is -0.990. The third-order valence-corrected chi connectivity index (χ3v) is 1.32. The number of hydrogen-bond donors (Lipinski definition) is 0. The van der Waals surface area contributed by atoms with Crippen molar-refractivity contribution in [3.05, 3.63) is 12.4 Å². The Morgan fingerprint density at radius 3 is 3.40 bits per heavy atom. The van der Waals surface area contributed by atoms with Gasteiger partial charge >= 0.3 is 0 Å². The van der Waals surface area contributed by atoms with Gasteiger partial charge in [0.15, 0.2) is 6.40 Å². The van der Waals surface area contributed by atoms with Gasteiger partial charge < -0.3 is 9.64 Å². The summed E-state index contributed by atoms with van der Waals surface area (Å²) in [6.45, 7) is 1.79. The van der Waals surface area contributed by atoms with E-state index in [0.29, 0.717) is 0 Å². The lowest BCUT2D eigenvalue weighted by Crippen LogP contribution is -2.13. The predicted octanol–water partition coefficient (Wildman–Crippen LogP) is 0.838. The minimum atomic E-state index is 0.759. The zero-order valence-corrected chi connectivity index (χ0v) is 6.16. The van der Waals surface area contributed by atoms with Gasteiger partial charge in [0, 0.05) is 26.0 Å². The Morgan fingerprint density at radius 1 is 1.60 bits per heavy atom. The van der Waals surface area contributed by atoms with Crippen molar-refractivity contribution in [2.75, 3.05) is 20.2 Å². The van der Waals surface area contributed by atoms with E-state index >= 15 is 0 Å². The van der Waals surface area contributed by atoms with Gasteiger partial charge in [-0.3, -0.25) is 0 Å². The highest BCUT2D eigenvalue weighted by atomic mass is 16.5. The van der Waals surface area contributed by atoms with E-state index in [9.17, 15) is 0 Å². The molecule has 0 aliphatic carbocycles. The van der Waals surface area contributed by atoms with Gasteiger partial charge in [0.25, 0.3) is 0 Å². The fourth-order valence-electron chi connectivity index (χ4n) is 0.755. The second-order valence-electron chi connectivity index (χ2n) is 2.26. The summed E-state index contributed by atoms with van der Waals surface area (Å²) >= 11 is 0. The molecule has 0 aromatic carbocycles. The molecule has 1 aliphatic heterocycles. The van der Waals surface area contributed by atoms with E-state index in [-0.39, 0.29) is 0 Å². The van der Waals surface area contributed by atoms with Crippen LogP contribution in [0.5, 0.6) is 0 Å². The molecule has 1 heterocycles. The van der Waals surface area contributed by atoms with Crippen LogP contribution < -0.4 is 0 Å². The van der Waals surface area contributed by atoms with Crippen LogP contribution in [-0.4, -0.2) is 31.5 Å². The van der Waals surface area contributed by atoms with Crippen molar-refractivity contribution >= 4 is 6.40 Å². The number of hydrogen-bond acceptors (Lipinski definition) is 3. The summed E-state index contributed by atoms with van der Waals surface area (Å²) in [5.41, 5.74) is 0. The van der Waals surface area contributed by atoms with Gasteiger partial charge in [0.05, 0.1) is 6.61 Å². The molecule has 0 fully saturated rings. The third-order valence-electron chi connectivity index (χ3n) is 1.32. The lowest BCUT2D eigenvalue weighted by Gasteiger charge is -2.10. The Kier molecular flexibility index (Phi) is 2.80. The maximum absolute atomic E-state index is 5.03. The van der Waals surface area contributed by atoms with E-state index in [1.165, 1.54) is 6.40 Å². The maximum atomic E-state index is 5.03. The summed E-state index contributed by atoms with van der Waals surface area (Å²) in [6, 6.07) is 0. The summed E-state index contributed by atoms with van der Waals surface area (Å²) in [5, 5.41) is 0. The number of rotatable bonds is 0. The molecule has 56 valence electrons. The normalized spacial score (nSPS) is 22.3. The first-order chi connectivity index (χ1) is 4.89. The first kappa shape index (κ1) is 7.12. The van der Waals surface area contributed by atoms with Crippen molar-refractivity contribution < 1.29 is 4.74 Å². The van der Waals surface area contributed by atoms with Gasteiger partial charge in [-0.2, -0.15) is 0 Å². The second kappa shape index (κ2) is 3.93. The van der Waals surface area contributed by atoms with Gasteiger partial charge in [-0.15, -0.1) is 0 Å². The molecule has 0 aromatic heterocycles. The highest BCUT2D eigenvalue weighted by Crippen LogP contribution is 1.91. The van der Waals surface area contributed by atoms with Gasteiger partial charge in [0.2, 0.25) is 0 Å². The smallest absolute Gasteiger partial charge is 0.173 e. The summed E-state index contributed by atoms with van der Waals surface area (Å²) in [5.74, 6) is 0. The lowest BCUT2D eigenvalue weighted by atomic mass is 10.4. The molecule has 0 radical (unpaired) electrons. The zero-order valence-electron chi connectivity index (χ0n) is 6.16. The molecule has 0 saturated carbocycles. The zero-order chi connectivity index (χ0) is 7.23. The third kappa shape index (κ3) is 2.53. The minimum absolute atomic E-state index is 0.759. The van der Waals surface area contributed by atoms with Crippen LogP contribution in [0.2, 0.25) is 0 Å². The molecular formula is C7H12N2O. The molecule has 0 saturated heterocycles. The molecular weight excluding hydrogens is 128 g/mol. The van der Waals surface area contributed by atoms with Gasteiger partial charge in [-0.25, -0.2) is 4.99 Å². The minimum Gasteiger partial charge on any atom is -0.483 e. The summed E-state index contributed by atoms with van der Waals surface area (Å²) in [7, 11) is 2.03. The lowest BCUT2D eigenvalue weighted by molar-refractivity contribution is 0.293. The van der Waals surface area contributed by atoms with Gasteiger partial charge in [0.1, 0.15) is 0 Å². The van der Waals surface area contributed by atoms with Crippen LogP contribution in [0.25, 0.3) is 0 Å². The Labute approximate surface area is 61.0 Å². The number of ether oxygens (including phenoxy) is 1. The van der Waals surface area contributed by atoms with Crippen molar-refractivity contribution in [2.24, 2.45) is 4.99 Å². The summed E-state index contributed by atoms with van der Waals surface area (Å²) in [4.78, 5) is 5.96. The van der Waals surface area contributed by atoms with Crippen LogP contribution in [0.3, 0.4) is 0 Å². The van der Waals surface area contributed by atoms with Crippen LogP contribution >= 0.6 is 0 Å². The van der Waals surface area contributed by atoms with Crippen LogP contribution in [0.4, 0.5) is 0 Å². The molecule has 0 N–H and O–H groups in total. The molecule has 0 amide bonds. The Morgan fingerprint density at radius 2 is 2.50 bits per heavy atom. The van der Waals surface area contributed by atoms with E-state index in [2.05, 4.69) is 9.89 Å². The quantitative estimate of drug-likeness (QED) is 0.498. The first-order valence-electron chi connectivity index (χ1n) is 3.40. The second-order valence-corrected chi connectivity index (χ2v) is 2.26. The summed E-state index contributed by atoms with van der Waals surface area (Å²) in [6.07, 6.45) is 6.19. The molecule has 1 rings (SSSR count). The van der Waals surface area contributed by atoms with Crippen LogP contribution in [0, 0.1) is 0 Å². The van der Waals surface area contributed by atoms with Crippen molar-refractivity contribution in [1.82, 2.24) is 4.90 Å². The van der Waals surface area contributed by atoms with Gasteiger partial charge in [-0.1, -0.05) is 0 Å². The fraction of sp³-hybridized carbons (Fsp3) is 0.571. The average Bonchev–Trinajstić information content (AvgIpc) is 2.02. The highest BCUT2D eigenvalue weighted by molar-refractivity contribution is 5.47. The molecule has 0 bridgehead atoms. The highest BCUT2D eigenvalue weighted by Gasteiger charge is 1.92. The van der Waals surface area contributed by atoms with Crippen molar-refractivity contribution in [3.8, 4) is 0 Å². The molecule has 3 nitrogen and oxygen atoms in total. The maximum Gasteiger partial charge on any atom is 0.173 e. The Bertz CT molecular complexity index is 143. The standard InChI is InChI=1S/C7H12N2O/c1-9-4-2-6-10-7-8-3-5-9/h3,5,7H,2,4,6H2,1H3/b5-3-,8-7?. The number of aliphatic imine (C=N–C) groups is 1. The Balaban J connectivity index is 2.40. The van der Waals surface area contributed by atoms with Crippen LogP contribution in [-0.2, 0) is 4.74 Å². The monoisotopic (exact) mass is 140 g/mol. The molecule has 0 aromatic rings. The van der Waals surface area contributed by atoms with E-state index in [0.717, 1.165) is 19.6 Å². The van der Waals surface area contributed by atoms with Crippen molar-refractivity contribution in [3.63, 3.8) is 0 Å². The van der Waals surface area contributed by atoms with Crippen molar-refractivity contribution in [1.29, 1.82) is 0 Å². The molecule has 10 heavy (non-hydrogen) atoms. The predicted molar refractivity (Wildman–Crippen MR) is 40.8 cm³/mol. The molecule has 0 unspecified atom stereocenters. The van der Waals surface area contributed by atoms with E-state index in [1.807, 2.05) is 13.2 Å². The van der Waals surface area contributed by atoms with E-state index in [4.69, 9.17) is 4.74 Å². The molecule has 0 atom stereocenters. The largest absolute Gasteiger partial charge is 0.483 e. The van der Waals surface area contributed by atoms with Crippen molar-refractivity contribution in [2.45, 2.75) is 6.42 Å². The fourth-order valence-corrected chi connectivity index (χ4v) is 0.755. The average molecular weight is 140 g/mol. The molecule has 1 aliphatic rings. The molecule has 3 heteroatoms. The van der Waals surface area contributed by atoms with E-state index < -0.39 is 0 Å². The van der Waals surface area contributed by atoms with Crippen LogP contribution in [0.1, 0.15) is 6.42 Å².